The van der Waals surface area contributed by atoms with Crippen molar-refractivity contribution < 1.29 is 14.9 Å². The van der Waals surface area contributed by atoms with Crippen molar-refractivity contribution in [2.24, 2.45) is 5.92 Å². The third-order valence-corrected chi connectivity index (χ3v) is 2.98. The number of aromatic hydroxyl groups is 1. The number of aliphatic hydroxyl groups excluding tert-OH is 1. The molecule has 18 heavy (non-hydrogen) atoms. The summed E-state index contributed by atoms with van der Waals surface area (Å²) in [7, 11) is 0. The Morgan fingerprint density at radius 2 is 2.22 bits per heavy atom. The van der Waals surface area contributed by atoms with Crippen LogP contribution in [0.2, 0.25) is 0 Å². The molecule has 1 fully saturated rings. The van der Waals surface area contributed by atoms with Crippen molar-refractivity contribution in [1.82, 2.24) is 5.32 Å². The minimum Gasteiger partial charge on any atom is -0.508 e. The number of nitrogens with one attached hydrogen (secondary N) is 1. The Balaban J connectivity index is 1.56. The number of phenols is 1. The summed E-state index contributed by atoms with van der Waals surface area (Å²) in [5, 5.41) is 22.1. The van der Waals surface area contributed by atoms with E-state index in [4.69, 9.17) is 4.74 Å². The van der Waals surface area contributed by atoms with Gasteiger partial charge in [-0.1, -0.05) is 12.1 Å². The average molecular weight is 251 g/mol. The van der Waals surface area contributed by atoms with Crippen LogP contribution in [0.5, 0.6) is 5.75 Å². The molecule has 1 aliphatic rings. The van der Waals surface area contributed by atoms with E-state index in [-0.39, 0.29) is 5.75 Å². The molecule has 1 saturated carbocycles. The molecule has 0 aromatic heterocycles. The first kappa shape index (κ1) is 13.3. The highest BCUT2D eigenvalue weighted by Gasteiger charge is 2.21. The molecule has 1 aromatic rings. The molecule has 1 aliphatic carbocycles. The van der Waals surface area contributed by atoms with Crippen LogP contribution in [-0.2, 0) is 11.3 Å². The van der Waals surface area contributed by atoms with Crippen molar-refractivity contribution in [2.45, 2.75) is 25.5 Å². The number of phenolic OH excluding ortho intramolecular Hbond substituents is 1. The zero-order chi connectivity index (χ0) is 12.8. The molecular weight excluding hydrogens is 230 g/mol. The fraction of sp³-hybridized carbons (Fsp3) is 0.571. The molecule has 4 heteroatoms. The molecule has 100 valence electrons. The highest BCUT2D eigenvalue weighted by atomic mass is 16.5. The van der Waals surface area contributed by atoms with Gasteiger partial charge in [0.05, 0.1) is 12.7 Å². The van der Waals surface area contributed by atoms with E-state index in [0.29, 0.717) is 19.7 Å². The smallest absolute Gasteiger partial charge is 0.115 e. The van der Waals surface area contributed by atoms with Gasteiger partial charge in [-0.15, -0.1) is 0 Å². The number of ether oxygens (including phenoxy) is 1. The molecule has 0 aliphatic heterocycles. The molecular formula is C14H21NO3. The van der Waals surface area contributed by atoms with Gasteiger partial charge in [0.15, 0.2) is 0 Å². The monoisotopic (exact) mass is 251 g/mol. The van der Waals surface area contributed by atoms with E-state index in [2.05, 4.69) is 5.32 Å². The molecule has 2 rings (SSSR count). The van der Waals surface area contributed by atoms with Gasteiger partial charge in [-0.2, -0.15) is 0 Å². The fourth-order valence-electron chi connectivity index (χ4n) is 1.76. The van der Waals surface area contributed by atoms with Crippen molar-refractivity contribution in [3.8, 4) is 5.75 Å². The topological polar surface area (TPSA) is 61.7 Å². The van der Waals surface area contributed by atoms with Crippen LogP contribution < -0.4 is 5.32 Å². The lowest BCUT2D eigenvalue weighted by molar-refractivity contribution is 0.0324. The molecule has 0 heterocycles. The Hall–Kier alpha value is -1.10. The van der Waals surface area contributed by atoms with Gasteiger partial charge in [0, 0.05) is 19.7 Å². The third-order valence-electron chi connectivity index (χ3n) is 2.98. The second kappa shape index (κ2) is 6.73. The average Bonchev–Trinajstić information content (AvgIpc) is 3.13. The lowest BCUT2D eigenvalue weighted by Crippen LogP contribution is -2.30. The van der Waals surface area contributed by atoms with Gasteiger partial charge in [0.1, 0.15) is 5.75 Å². The molecule has 1 unspecified atom stereocenters. The largest absolute Gasteiger partial charge is 0.508 e. The van der Waals surface area contributed by atoms with Crippen molar-refractivity contribution in [3.05, 3.63) is 29.8 Å². The molecule has 4 nitrogen and oxygen atoms in total. The minimum absolute atomic E-state index is 0.266. The Kier molecular flexibility index (Phi) is 4.99. The molecule has 0 radical (unpaired) electrons. The van der Waals surface area contributed by atoms with Gasteiger partial charge in [-0.3, -0.25) is 0 Å². The maximum Gasteiger partial charge on any atom is 0.115 e. The lowest BCUT2D eigenvalue weighted by Gasteiger charge is -2.12. The van der Waals surface area contributed by atoms with Gasteiger partial charge in [0.25, 0.3) is 0 Å². The SMILES string of the molecule is Oc1cccc(CNCC(O)COCC2CC2)c1. The third kappa shape index (κ3) is 5.04. The van der Waals surface area contributed by atoms with Crippen LogP contribution in [0, 0.1) is 5.92 Å². The molecule has 0 saturated heterocycles. The van der Waals surface area contributed by atoms with Gasteiger partial charge in [-0.25, -0.2) is 0 Å². The highest BCUT2D eigenvalue weighted by Crippen LogP contribution is 2.28. The van der Waals surface area contributed by atoms with E-state index in [1.54, 1.807) is 12.1 Å². The van der Waals surface area contributed by atoms with Crippen LogP contribution in [0.4, 0.5) is 0 Å². The van der Waals surface area contributed by atoms with Crippen molar-refractivity contribution in [2.75, 3.05) is 19.8 Å². The molecule has 0 bridgehead atoms. The zero-order valence-electron chi connectivity index (χ0n) is 10.5. The van der Waals surface area contributed by atoms with Crippen LogP contribution in [0.25, 0.3) is 0 Å². The number of benzene rings is 1. The summed E-state index contributed by atoms with van der Waals surface area (Å²) >= 11 is 0. The molecule has 0 amide bonds. The van der Waals surface area contributed by atoms with Gasteiger partial charge >= 0.3 is 0 Å². The summed E-state index contributed by atoms with van der Waals surface area (Å²) < 4.78 is 5.41. The van der Waals surface area contributed by atoms with E-state index in [1.165, 1.54) is 12.8 Å². The predicted molar refractivity (Wildman–Crippen MR) is 69.4 cm³/mol. The predicted octanol–water partition coefficient (Wildman–Crippen LogP) is 1.27. The number of aliphatic hydroxyl groups is 1. The number of rotatable bonds is 8. The van der Waals surface area contributed by atoms with E-state index < -0.39 is 6.10 Å². The molecule has 1 atom stereocenters. The first-order valence-corrected chi connectivity index (χ1v) is 6.48. The van der Waals surface area contributed by atoms with Gasteiger partial charge < -0.3 is 20.3 Å². The van der Waals surface area contributed by atoms with Crippen molar-refractivity contribution >= 4 is 0 Å². The summed E-state index contributed by atoms with van der Waals surface area (Å²) in [6.45, 7) is 2.31. The van der Waals surface area contributed by atoms with E-state index in [9.17, 15) is 10.2 Å². The quantitative estimate of drug-likeness (QED) is 0.651. The van der Waals surface area contributed by atoms with Crippen LogP contribution in [0.3, 0.4) is 0 Å². The first-order valence-electron chi connectivity index (χ1n) is 6.48. The highest BCUT2D eigenvalue weighted by molar-refractivity contribution is 5.26. The van der Waals surface area contributed by atoms with Crippen LogP contribution >= 0.6 is 0 Å². The van der Waals surface area contributed by atoms with E-state index in [1.807, 2.05) is 12.1 Å². The van der Waals surface area contributed by atoms with Gasteiger partial charge in [-0.05, 0) is 36.5 Å². The summed E-state index contributed by atoms with van der Waals surface area (Å²) in [4.78, 5) is 0. The molecule has 1 aromatic carbocycles. The second-order valence-corrected chi connectivity index (χ2v) is 4.94. The summed E-state index contributed by atoms with van der Waals surface area (Å²) in [5.41, 5.74) is 1.00. The maximum atomic E-state index is 9.68. The Morgan fingerprint density at radius 1 is 1.39 bits per heavy atom. The van der Waals surface area contributed by atoms with Crippen molar-refractivity contribution in [3.63, 3.8) is 0 Å². The van der Waals surface area contributed by atoms with E-state index in [0.717, 1.165) is 18.1 Å². The summed E-state index contributed by atoms with van der Waals surface area (Å²) in [6.07, 6.45) is 2.07. The number of hydrogen-bond donors (Lipinski definition) is 3. The number of hydrogen-bond acceptors (Lipinski definition) is 4. The Morgan fingerprint density at radius 3 is 2.94 bits per heavy atom. The molecule has 0 spiro atoms. The van der Waals surface area contributed by atoms with Crippen LogP contribution in [-0.4, -0.2) is 36.1 Å². The summed E-state index contributed by atoms with van der Waals surface area (Å²) in [6, 6.07) is 7.09. The molecule has 3 N–H and O–H groups in total. The normalized spacial score (nSPS) is 16.7. The standard InChI is InChI=1S/C14H21NO3/c16-13-3-1-2-12(6-13)7-15-8-14(17)10-18-9-11-4-5-11/h1-3,6,11,14-17H,4-5,7-10H2. The van der Waals surface area contributed by atoms with Crippen LogP contribution in [0.15, 0.2) is 24.3 Å². The maximum absolute atomic E-state index is 9.68. The summed E-state index contributed by atoms with van der Waals surface area (Å²) in [5.74, 6) is 1.00. The zero-order valence-corrected chi connectivity index (χ0v) is 10.5. The second-order valence-electron chi connectivity index (χ2n) is 4.94. The van der Waals surface area contributed by atoms with Crippen molar-refractivity contribution in [1.29, 1.82) is 0 Å². The fourth-order valence-corrected chi connectivity index (χ4v) is 1.76. The Labute approximate surface area is 108 Å². The first-order chi connectivity index (χ1) is 8.74. The van der Waals surface area contributed by atoms with Gasteiger partial charge in [0.2, 0.25) is 0 Å². The Bertz CT molecular complexity index is 366. The van der Waals surface area contributed by atoms with Crippen LogP contribution in [0.1, 0.15) is 18.4 Å². The minimum atomic E-state index is -0.471. The van der Waals surface area contributed by atoms with E-state index >= 15 is 0 Å². The lowest BCUT2D eigenvalue weighted by atomic mass is 10.2.